The van der Waals surface area contributed by atoms with Gasteiger partial charge in [0.1, 0.15) is 12.6 Å². The second kappa shape index (κ2) is 48.9. The van der Waals surface area contributed by atoms with Gasteiger partial charge in [0.05, 0.1) is 40.3 Å². The molecule has 8 nitrogen and oxygen atoms in total. The van der Waals surface area contributed by atoms with E-state index >= 15 is 0 Å². The molecule has 0 radical (unpaired) electrons. The summed E-state index contributed by atoms with van der Waals surface area (Å²) in [4.78, 5) is 37.1. The van der Waals surface area contributed by atoms with Crippen molar-refractivity contribution in [1.82, 2.24) is 0 Å². The van der Waals surface area contributed by atoms with Gasteiger partial charge in [-0.15, -0.1) is 0 Å². The fourth-order valence-corrected chi connectivity index (χ4v) is 7.61. The number of carboxylic acids is 1. The van der Waals surface area contributed by atoms with Gasteiger partial charge in [0.25, 0.3) is 0 Å². The molecule has 0 heterocycles. The molecule has 0 amide bonds. The van der Waals surface area contributed by atoms with Crippen molar-refractivity contribution in [2.24, 2.45) is 0 Å². The van der Waals surface area contributed by atoms with Crippen LogP contribution in [0.5, 0.6) is 0 Å². The Balaban J connectivity index is 4.31. The highest BCUT2D eigenvalue weighted by molar-refractivity contribution is 5.70. The van der Waals surface area contributed by atoms with E-state index < -0.39 is 18.1 Å². The summed E-state index contributed by atoms with van der Waals surface area (Å²) in [6.07, 6.45) is 64.9. The number of carbonyl (C=O) groups is 3. The second-order valence-electron chi connectivity index (χ2n) is 19.1. The molecule has 0 bridgehead atoms. The minimum atomic E-state index is -1.14. The van der Waals surface area contributed by atoms with Gasteiger partial charge in [0.15, 0.2) is 6.10 Å². The summed E-state index contributed by atoms with van der Waals surface area (Å²) in [5, 5.41) is 11.7. The molecule has 0 aliphatic carbocycles. The van der Waals surface area contributed by atoms with E-state index in [2.05, 4.69) is 98.9 Å². The molecule has 0 saturated carbocycles. The van der Waals surface area contributed by atoms with Gasteiger partial charge < -0.3 is 28.6 Å². The van der Waals surface area contributed by atoms with Gasteiger partial charge in [0.2, 0.25) is 0 Å². The van der Waals surface area contributed by atoms with Crippen LogP contribution in [0.15, 0.2) is 85.1 Å². The van der Waals surface area contributed by atoms with Crippen molar-refractivity contribution in [2.45, 2.75) is 231 Å². The number of rotatable bonds is 48. The predicted molar refractivity (Wildman–Crippen MR) is 282 cm³/mol. The fourth-order valence-electron chi connectivity index (χ4n) is 7.61. The summed E-state index contributed by atoms with van der Waals surface area (Å²) < 4.78 is 17.2. The molecule has 0 aromatic carbocycles. The average molecular weight is 936 g/mol. The zero-order chi connectivity index (χ0) is 49.2. The highest BCUT2D eigenvalue weighted by Gasteiger charge is 2.25. The van der Waals surface area contributed by atoms with Gasteiger partial charge in [-0.1, -0.05) is 202 Å². The highest BCUT2D eigenvalue weighted by Crippen LogP contribution is 2.15. The third-order valence-electron chi connectivity index (χ3n) is 11.8. The number of allylic oxidation sites excluding steroid dienone is 14. The highest BCUT2D eigenvalue weighted by atomic mass is 16.6. The number of ether oxygens (including phenoxy) is 3. The largest absolute Gasteiger partial charge is 0.544 e. The molecule has 384 valence electrons. The maximum atomic E-state index is 12.8. The molecule has 0 aromatic rings. The molecule has 0 saturated heterocycles. The van der Waals surface area contributed by atoms with Gasteiger partial charge in [-0.3, -0.25) is 9.59 Å². The molecule has 0 spiro atoms. The molecule has 0 fully saturated rings. The van der Waals surface area contributed by atoms with Crippen LogP contribution in [0.25, 0.3) is 0 Å². The lowest BCUT2D eigenvalue weighted by Crippen LogP contribution is -2.55. The number of aliphatic carboxylic acids is 1. The number of hydrogen-bond donors (Lipinski definition) is 0. The fraction of sp³-hybridized carbons (Fsp3) is 0.712. The molecule has 67 heavy (non-hydrogen) atoms. The Morgan fingerprint density at radius 3 is 1.30 bits per heavy atom. The van der Waals surface area contributed by atoms with Gasteiger partial charge in [0, 0.05) is 19.3 Å². The summed E-state index contributed by atoms with van der Waals surface area (Å²) >= 11 is 0. The van der Waals surface area contributed by atoms with Crippen molar-refractivity contribution in [3.05, 3.63) is 85.1 Å². The average Bonchev–Trinajstić information content (AvgIpc) is 3.29. The lowest BCUT2D eigenvalue weighted by molar-refractivity contribution is -0.889. The quantitative estimate of drug-likeness (QED) is 0.0259. The zero-order valence-corrected chi connectivity index (χ0v) is 43.8. The van der Waals surface area contributed by atoms with Gasteiger partial charge in [-0.25, -0.2) is 0 Å². The molecule has 0 aromatic heterocycles. The van der Waals surface area contributed by atoms with E-state index in [0.717, 1.165) is 64.2 Å². The Bertz CT molecular complexity index is 1370. The summed E-state index contributed by atoms with van der Waals surface area (Å²) in [5.74, 6) is -1.82. The molecular formula is C59H101NO7. The molecule has 2 atom stereocenters. The van der Waals surface area contributed by atoms with E-state index in [9.17, 15) is 19.5 Å². The monoisotopic (exact) mass is 936 g/mol. The number of hydrogen-bond acceptors (Lipinski definition) is 7. The molecule has 0 N–H and O–H groups in total. The number of likely N-dealkylation sites (N-methyl/N-ethyl adjacent to an activating group) is 1. The van der Waals surface area contributed by atoms with E-state index in [1.807, 2.05) is 0 Å². The summed E-state index contributed by atoms with van der Waals surface area (Å²) in [6.45, 7) is 4.50. The lowest BCUT2D eigenvalue weighted by atomic mass is 10.0. The number of esters is 2. The van der Waals surface area contributed by atoms with Crippen LogP contribution in [0.4, 0.5) is 0 Å². The van der Waals surface area contributed by atoms with Crippen molar-refractivity contribution in [3.8, 4) is 0 Å². The normalized spacial score (nSPS) is 13.5. The number of quaternary nitrogens is 1. The maximum absolute atomic E-state index is 12.8. The number of unbranched alkanes of at least 4 members (excludes halogenated alkanes) is 20. The van der Waals surface area contributed by atoms with Crippen LogP contribution in [0.3, 0.4) is 0 Å². The molecule has 0 rings (SSSR count). The van der Waals surface area contributed by atoms with Crippen LogP contribution in [0, 0.1) is 0 Å². The molecular weight excluding hydrogens is 835 g/mol. The summed E-state index contributed by atoms with van der Waals surface area (Å²) in [6, 6.07) is -0.742. The van der Waals surface area contributed by atoms with Crippen LogP contribution in [-0.4, -0.2) is 75.5 Å². The minimum Gasteiger partial charge on any atom is -0.544 e. The molecule has 8 heteroatoms. The van der Waals surface area contributed by atoms with Gasteiger partial charge >= 0.3 is 11.9 Å². The molecule has 0 aliphatic rings. The number of carbonyl (C=O) groups excluding carboxylic acids is 3. The van der Waals surface area contributed by atoms with E-state index in [1.165, 1.54) is 116 Å². The zero-order valence-electron chi connectivity index (χ0n) is 43.8. The van der Waals surface area contributed by atoms with Gasteiger partial charge in [-0.05, 0) is 83.5 Å². The smallest absolute Gasteiger partial charge is 0.306 e. The molecule has 2 unspecified atom stereocenters. The van der Waals surface area contributed by atoms with Crippen LogP contribution in [0.2, 0.25) is 0 Å². The van der Waals surface area contributed by atoms with E-state index in [4.69, 9.17) is 14.2 Å². The van der Waals surface area contributed by atoms with Crippen LogP contribution in [-0.2, 0) is 28.6 Å². The SMILES string of the molecule is CC/C=C/C/C=C/C/C=C/C/C=C/C/C=C/C/C=C/CCCC(=O)OC(COCCC(C(=O)[O-])[N+](C)(C)C)COC(=O)CCCCCCCCC/C=C/CCCCCCCCCCCCCC. The van der Waals surface area contributed by atoms with Crippen molar-refractivity contribution in [1.29, 1.82) is 0 Å². The predicted octanol–water partition coefficient (Wildman–Crippen LogP) is 14.7. The number of carboxylic acid groups (broad SMARTS) is 1. The van der Waals surface area contributed by atoms with Crippen LogP contribution < -0.4 is 5.11 Å². The van der Waals surface area contributed by atoms with Crippen molar-refractivity contribution in [2.75, 3.05) is 41.0 Å². The van der Waals surface area contributed by atoms with E-state index in [-0.39, 0.29) is 49.1 Å². The maximum Gasteiger partial charge on any atom is 0.306 e. The Morgan fingerprint density at radius 1 is 0.463 bits per heavy atom. The first-order chi connectivity index (χ1) is 32.6. The third-order valence-corrected chi connectivity index (χ3v) is 11.8. The second-order valence-corrected chi connectivity index (χ2v) is 19.1. The minimum absolute atomic E-state index is 0.0122. The third kappa shape index (κ3) is 47.4. The number of nitrogens with zero attached hydrogens (tertiary/aromatic N) is 1. The Labute approximate surface area is 412 Å². The van der Waals surface area contributed by atoms with Crippen molar-refractivity contribution >= 4 is 17.9 Å². The Morgan fingerprint density at radius 2 is 0.851 bits per heavy atom. The van der Waals surface area contributed by atoms with Gasteiger partial charge in [-0.2, -0.15) is 0 Å². The van der Waals surface area contributed by atoms with Crippen molar-refractivity contribution < 1.29 is 38.2 Å². The topological polar surface area (TPSA) is 102 Å². The first-order valence-corrected chi connectivity index (χ1v) is 27.1. The first kappa shape index (κ1) is 63.5. The Kier molecular flexibility index (Phi) is 46.4. The summed E-state index contributed by atoms with van der Waals surface area (Å²) in [7, 11) is 5.39. The van der Waals surface area contributed by atoms with E-state index in [0.29, 0.717) is 12.8 Å². The van der Waals surface area contributed by atoms with E-state index in [1.54, 1.807) is 21.1 Å². The lowest BCUT2D eigenvalue weighted by Gasteiger charge is -2.34. The van der Waals surface area contributed by atoms with Crippen LogP contribution in [0.1, 0.15) is 219 Å². The standard InChI is InChI=1S/C59H101NO7/c1-6-8-10-12-14-16-18-20-22-24-26-28-29-30-32-33-35-37-39-41-43-45-47-49-57(61)66-54-55(53-65-52-51-56(59(63)64)60(3,4)5)67-58(62)50-48-46-44-42-40-38-36-34-31-27-25-23-21-19-17-15-13-11-9-7-2/h9,11,15,17,21,23,27,30-32,36,38,42,44,55-56H,6-8,10,12-14,16,18-20,22,24-26,28-29,33-35,37,39-41,43,45-54H2,1-5H3/b11-9+,17-15+,23-21+,31-27+,32-30+,38-36+,44-42+. The first-order valence-electron chi connectivity index (χ1n) is 27.1. The van der Waals surface area contributed by atoms with Crippen LogP contribution >= 0.6 is 0 Å². The summed E-state index contributed by atoms with van der Waals surface area (Å²) in [5.41, 5.74) is 0. The molecule has 0 aliphatic heterocycles. The van der Waals surface area contributed by atoms with Crippen molar-refractivity contribution in [3.63, 3.8) is 0 Å². The Hall–Kier alpha value is -3.49.